The second kappa shape index (κ2) is 6.90. The third-order valence-corrected chi connectivity index (χ3v) is 4.59. The first kappa shape index (κ1) is 19.0. The average molecular weight is 406 g/mol. The molecule has 3 aromatic rings. The van der Waals surface area contributed by atoms with E-state index < -0.39 is 18.1 Å². The van der Waals surface area contributed by atoms with Crippen molar-refractivity contribution in [3.63, 3.8) is 0 Å². The molecule has 2 amide bonds. The topological polar surface area (TPSA) is 104 Å². The Bertz CT molecular complexity index is 1080. The van der Waals surface area contributed by atoms with Gasteiger partial charge < -0.3 is 20.0 Å². The van der Waals surface area contributed by atoms with Crippen LogP contribution in [0.4, 0.5) is 19.0 Å². The number of amides is 2. The number of hydrogen-bond acceptors (Lipinski definition) is 4. The molecule has 3 aromatic heterocycles. The van der Waals surface area contributed by atoms with Crippen molar-refractivity contribution in [3.8, 4) is 11.3 Å². The number of anilines is 1. The Labute approximate surface area is 162 Å². The van der Waals surface area contributed by atoms with Crippen LogP contribution in [0.5, 0.6) is 0 Å². The monoisotopic (exact) mass is 406 g/mol. The summed E-state index contributed by atoms with van der Waals surface area (Å²) in [7, 11) is 0. The van der Waals surface area contributed by atoms with E-state index in [0.29, 0.717) is 22.7 Å². The maximum absolute atomic E-state index is 12.6. The van der Waals surface area contributed by atoms with E-state index in [1.807, 2.05) is 5.32 Å². The highest BCUT2D eigenvalue weighted by Gasteiger charge is 2.37. The molecule has 29 heavy (non-hydrogen) atoms. The Kier molecular flexibility index (Phi) is 4.52. The quantitative estimate of drug-likeness (QED) is 0.606. The first-order valence-electron chi connectivity index (χ1n) is 8.93. The lowest BCUT2D eigenvalue weighted by Gasteiger charge is -2.16. The summed E-state index contributed by atoms with van der Waals surface area (Å²) in [6.07, 6.45) is 1.98. The second-order valence-corrected chi connectivity index (χ2v) is 6.96. The zero-order valence-electron chi connectivity index (χ0n) is 15.2. The summed E-state index contributed by atoms with van der Waals surface area (Å²) >= 11 is 0. The van der Waals surface area contributed by atoms with Gasteiger partial charge in [-0.05, 0) is 31.9 Å². The number of carbonyl (C=O) groups excluding carboxylic acids is 2. The van der Waals surface area contributed by atoms with Gasteiger partial charge in [0.25, 0.3) is 5.91 Å². The molecule has 1 aliphatic rings. The number of imidazole rings is 2. The molecule has 0 spiro atoms. The van der Waals surface area contributed by atoms with Crippen molar-refractivity contribution in [3.05, 3.63) is 36.5 Å². The van der Waals surface area contributed by atoms with Crippen molar-refractivity contribution in [1.29, 1.82) is 0 Å². The minimum atomic E-state index is -4.54. The van der Waals surface area contributed by atoms with Crippen LogP contribution in [0, 0.1) is 5.92 Å². The zero-order valence-corrected chi connectivity index (χ0v) is 15.2. The van der Waals surface area contributed by atoms with Gasteiger partial charge in [0.15, 0.2) is 11.6 Å². The van der Waals surface area contributed by atoms with Gasteiger partial charge in [0.05, 0.1) is 18.1 Å². The van der Waals surface area contributed by atoms with Crippen LogP contribution in [-0.2, 0) is 4.79 Å². The van der Waals surface area contributed by atoms with E-state index in [4.69, 9.17) is 0 Å². The van der Waals surface area contributed by atoms with Gasteiger partial charge >= 0.3 is 6.18 Å². The SMILES string of the molecule is C[C@H](NC(=O)c1ncc(-c2ccc3nc(NC(=O)C4CC4)cn3c2)[nH]1)C(F)(F)F. The molecule has 0 aromatic carbocycles. The Balaban J connectivity index is 1.51. The van der Waals surface area contributed by atoms with Crippen LogP contribution in [0.25, 0.3) is 16.9 Å². The van der Waals surface area contributed by atoms with Crippen LogP contribution in [0.3, 0.4) is 0 Å². The van der Waals surface area contributed by atoms with Crippen molar-refractivity contribution in [2.24, 2.45) is 5.92 Å². The molecular weight excluding hydrogens is 389 g/mol. The highest BCUT2D eigenvalue weighted by molar-refractivity contribution is 5.93. The molecule has 1 aliphatic carbocycles. The van der Waals surface area contributed by atoms with Gasteiger partial charge in [0, 0.05) is 17.7 Å². The Morgan fingerprint density at radius 1 is 1.28 bits per heavy atom. The van der Waals surface area contributed by atoms with E-state index in [0.717, 1.165) is 19.8 Å². The third kappa shape index (κ3) is 4.08. The van der Waals surface area contributed by atoms with Crippen LogP contribution >= 0.6 is 0 Å². The molecule has 0 radical (unpaired) electrons. The summed E-state index contributed by atoms with van der Waals surface area (Å²) in [5.74, 6) is -0.727. The van der Waals surface area contributed by atoms with E-state index in [-0.39, 0.29) is 17.6 Å². The maximum atomic E-state index is 12.6. The summed E-state index contributed by atoms with van der Waals surface area (Å²) in [4.78, 5) is 34.7. The van der Waals surface area contributed by atoms with Gasteiger partial charge in [-0.25, -0.2) is 9.97 Å². The van der Waals surface area contributed by atoms with Crippen LogP contribution in [-0.4, -0.2) is 43.4 Å². The van der Waals surface area contributed by atoms with Gasteiger partial charge in [-0.3, -0.25) is 9.59 Å². The van der Waals surface area contributed by atoms with Gasteiger partial charge in [-0.1, -0.05) is 0 Å². The number of carbonyl (C=O) groups is 2. The van der Waals surface area contributed by atoms with Crippen LogP contribution in [0.15, 0.2) is 30.7 Å². The fourth-order valence-corrected chi connectivity index (χ4v) is 2.72. The molecule has 1 saturated carbocycles. The highest BCUT2D eigenvalue weighted by atomic mass is 19.4. The normalized spacial score (nSPS) is 15.3. The number of alkyl halides is 3. The summed E-state index contributed by atoms with van der Waals surface area (Å²) in [6.45, 7) is 0.855. The number of aromatic nitrogens is 4. The summed E-state index contributed by atoms with van der Waals surface area (Å²) in [5.41, 5.74) is 1.70. The predicted molar refractivity (Wildman–Crippen MR) is 97.1 cm³/mol. The molecule has 152 valence electrons. The molecule has 1 atom stereocenters. The lowest BCUT2D eigenvalue weighted by molar-refractivity contribution is -0.149. The van der Waals surface area contributed by atoms with Gasteiger partial charge in [0.2, 0.25) is 5.91 Å². The van der Waals surface area contributed by atoms with Crippen LogP contribution in [0.2, 0.25) is 0 Å². The van der Waals surface area contributed by atoms with E-state index in [1.54, 1.807) is 28.9 Å². The van der Waals surface area contributed by atoms with Crippen molar-refractivity contribution in [1.82, 2.24) is 24.7 Å². The minimum absolute atomic E-state index is 0.0501. The summed E-state index contributed by atoms with van der Waals surface area (Å²) < 4.78 is 39.5. The zero-order chi connectivity index (χ0) is 20.8. The largest absolute Gasteiger partial charge is 0.408 e. The van der Waals surface area contributed by atoms with Crippen molar-refractivity contribution < 1.29 is 22.8 Å². The Morgan fingerprint density at radius 3 is 2.72 bits per heavy atom. The number of hydrogen-bond donors (Lipinski definition) is 3. The van der Waals surface area contributed by atoms with Crippen molar-refractivity contribution in [2.75, 3.05) is 5.32 Å². The van der Waals surface area contributed by atoms with Crippen LogP contribution < -0.4 is 10.6 Å². The van der Waals surface area contributed by atoms with Gasteiger partial charge in [0.1, 0.15) is 11.7 Å². The Hall–Kier alpha value is -3.37. The number of H-pyrrole nitrogens is 1. The van der Waals surface area contributed by atoms with E-state index in [1.165, 1.54) is 6.20 Å². The molecule has 3 N–H and O–H groups in total. The predicted octanol–water partition coefficient (Wildman–Crippen LogP) is 2.75. The maximum Gasteiger partial charge on any atom is 0.408 e. The van der Waals surface area contributed by atoms with E-state index in [9.17, 15) is 22.8 Å². The fraction of sp³-hybridized carbons (Fsp3) is 0.333. The highest BCUT2D eigenvalue weighted by Crippen LogP contribution is 2.30. The number of aromatic amines is 1. The molecule has 4 rings (SSSR count). The molecular formula is C18H17F3N6O2. The van der Waals surface area contributed by atoms with Gasteiger partial charge in [-0.15, -0.1) is 0 Å². The summed E-state index contributed by atoms with van der Waals surface area (Å²) in [5, 5.41) is 4.62. The minimum Gasteiger partial charge on any atom is -0.338 e. The fourth-order valence-electron chi connectivity index (χ4n) is 2.72. The molecule has 11 heteroatoms. The smallest absolute Gasteiger partial charge is 0.338 e. The molecule has 0 unspecified atom stereocenters. The van der Waals surface area contributed by atoms with Gasteiger partial charge in [-0.2, -0.15) is 13.2 Å². The second-order valence-electron chi connectivity index (χ2n) is 6.96. The first-order valence-corrected chi connectivity index (χ1v) is 8.93. The number of fused-ring (bicyclic) bond motifs is 1. The number of halogens is 3. The molecule has 8 nitrogen and oxygen atoms in total. The number of nitrogens with one attached hydrogen (secondary N) is 3. The first-order chi connectivity index (χ1) is 13.7. The standard InChI is InChI=1S/C18H17F3N6O2/c1-9(18(19,20)21)23-17(29)15-22-6-12(24-15)11-4-5-14-25-13(8-27(14)7-11)26-16(28)10-2-3-10/h4-10H,2-3H2,1H3,(H,22,24)(H,23,29)(H,26,28)/t9-/m0/s1. The lowest BCUT2D eigenvalue weighted by Crippen LogP contribution is -2.43. The molecule has 0 bridgehead atoms. The molecule has 3 heterocycles. The van der Waals surface area contributed by atoms with Crippen molar-refractivity contribution >= 4 is 23.3 Å². The van der Waals surface area contributed by atoms with E-state index in [2.05, 4.69) is 20.3 Å². The third-order valence-electron chi connectivity index (χ3n) is 4.59. The molecule has 0 aliphatic heterocycles. The Morgan fingerprint density at radius 2 is 2.03 bits per heavy atom. The lowest BCUT2D eigenvalue weighted by atomic mass is 10.2. The number of nitrogens with zero attached hydrogens (tertiary/aromatic N) is 3. The molecule has 0 saturated heterocycles. The average Bonchev–Trinajstić information content (AvgIpc) is 3.25. The van der Waals surface area contributed by atoms with E-state index >= 15 is 0 Å². The molecule has 1 fully saturated rings. The van der Waals surface area contributed by atoms with Crippen LogP contribution in [0.1, 0.15) is 30.4 Å². The van der Waals surface area contributed by atoms with Crippen molar-refractivity contribution in [2.45, 2.75) is 32.0 Å². The number of pyridine rings is 1. The summed E-state index contributed by atoms with van der Waals surface area (Å²) in [6, 6.07) is 1.45. The number of rotatable bonds is 5.